The molecule has 1 aromatic heterocycles. The van der Waals surface area contributed by atoms with Gasteiger partial charge < -0.3 is 19.3 Å². The van der Waals surface area contributed by atoms with Gasteiger partial charge in [0.2, 0.25) is 0 Å². The molecule has 158 valence electrons. The zero-order chi connectivity index (χ0) is 20.9. The average molecular weight is 416 g/mol. The fourth-order valence-corrected chi connectivity index (χ4v) is 3.68. The number of rotatable bonds is 13. The fraction of sp³-hybridized carbons (Fsp3) is 0.632. The fourth-order valence-electron chi connectivity index (χ4n) is 2.60. The molecule has 28 heavy (non-hydrogen) atoms. The number of ether oxygens (including phenoxy) is 3. The van der Waals surface area contributed by atoms with Gasteiger partial charge in [0.25, 0.3) is 0 Å². The first-order chi connectivity index (χ1) is 13.5. The summed E-state index contributed by atoms with van der Waals surface area (Å²) in [4.78, 5) is 35.9. The summed E-state index contributed by atoms with van der Waals surface area (Å²) in [6, 6.07) is 0. The molecule has 1 amide bonds. The minimum atomic E-state index is -1.27. The van der Waals surface area contributed by atoms with Crippen LogP contribution >= 0.6 is 11.3 Å². The van der Waals surface area contributed by atoms with Gasteiger partial charge in [0, 0.05) is 12.7 Å². The Labute approximate surface area is 169 Å². The molecule has 0 saturated heterocycles. The Kier molecular flexibility index (Phi) is 11.2. The maximum atomic E-state index is 12.1. The summed E-state index contributed by atoms with van der Waals surface area (Å²) < 4.78 is 15.1. The minimum Gasteiger partial charge on any atom is -0.478 e. The lowest BCUT2D eigenvalue weighted by atomic mass is 10.1. The van der Waals surface area contributed by atoms with E-state index >= 15 is 0 Å². The molecule has 9 heteroatoms. The van der Waals surface area contributed by atoms with Crippen LogP contribution in [0.2, 0.25) is 0 Å². The van der Waals surface area contributed by atoms with Crippen molar-refractivity contribution in [3.8, 4) is 0 Å². The van der Waals surface area contributed by atoms with Gasteiger partial charge in [-0.05, 0) is 13.3 Å². The van der Waals surface area contributed by atoms with E-state index in [9.17, 15) is 19.5 Å². The first kappa shape index (κ1) is 23.9. The molecule has 0 aromatic carbocycles. The molecule has 0 atom stereocenters. The number of carboxylic acid groups (broad SMARTS) is 1. The van der Waals surface area contributed by atoms with E-state index in [1.165, 1.54) is 26.4 Å². The molecule has 0 saturated carbocycles. The van der Waals surface area contributed by atoms with Crippen LogP contribution in [-0.4, -0.2) is 43.5 Å². The van der Waals surface area contributed by atoms with Gasteiger partial charge in [0.1, 0.15) is 15.4 Å². The normalized spacial score (nSPS) is 10.5. The van der Waals surface area contributed by atoms with Crippen LogP contribution in [0.15, 0.2) is 0 Å². The van der Waals surface area contributed by atoms with Crippen molar-refractivity contribution in [1.82, 2.24) is 0 Å². The molecule has 0 spiro atoms. The Balaban J connectivity index is 2.77. The molecule has 0 aliphatic rings. The summed E-state index contributed by atoms with van der Waals surface area (Å²) in [6.07, 6.45) is 5.59. The molecule has 0 aliphatic carbocycles. The first-order valence-electron chi connectivity index (χ1n) is 9.44. The highest BCUT2D eigenvalue weighted by Gasteiger charge is 2.28. The zero-order valence-electron chi connectivity index (χ0n) is 16.7. The van der Waals surface area contributed by atoms with Crippen molar-refractivity contribution in [3.63, 3.8) is 0 Å². The summed E-state index contributed by atoms with van der Waals surface area (Å²) >= 11 is 0.836. The van der Waals surface area contributed by atoms with Gasteiger partial charge in [-0.2, -0.15) is 0 Å². The van der Waals surface area contributed by atoms with Gasteiger partial charge in [0.05, 0.1) is 19.8 Å². The third kappa shape index (κ3) is 7.47. The topological polar surface area (TPSA) is 111 Å². The molecular weight excluding hydrogens is 386 g/mol. The second kappa shape index (κ2) is 13.1. The van der Waals surface area contributed by atoms with E-state index in [0.29, 0.717) is 0 Å². The van der Waals surface area contributed by atoms with E-state index in [2.05, 4.69) is 12.2 Å². The molecule has 0 radical (unpaired) electrons. The molecule has 2 N–H and O–H groups in total. The van der Waals surface area contributed by atoms with Gasteiger partial charge in [-0.25, -0.2) is 14.4 Å². The third-order valence-electron chi connectivity index (χ3n) is 3.92. The van der Waals surface area contributed by atoms with Crippen molar-refractivity contribution in [1.29, 1.82) is 0 Å². The van der Waals surface area contributed by atoms with Crippen LogP contribution in [0.25, 0.3) is 0 Å². The summed E-state index contributed by atoms with van der Waals surface area (Å²) in [5.41, 5.74) is -0.0175. The lowest BCUT2D eigenvalue weighted by Gasteiger charge is -2.07. The van der Waals surface area contributed by atoms with Crippen molar-refractivity contribution >= 4 is 34.4 Å². The number of hydrogen-bond acceptors (Lipinski definition) is 7. The van der Waals surface area contributed by atoms with Gasteiger partial charge >= 0.3 is 18.0 Å². The number of carbonyl (C=O) groups excluding carboxylic acids is 2. The number of aromatic carboxylic acids is 1. The highest BCUT2D eigenvalue weighted by molar-refractivity contribution is 7.18. The van der Waals surface area contributed by atoms with Gasteiger partial charge in [0.15, 0.2) is 0 Å². The molecule has 0 fully saturated rings. The molecule has 0 bridgehead atoms. The van der Waals surface area contributed by atoms with E-state index in [0.717, 1.165) is 30.6 Å². The summed E-state index contributed by atoms with van der Waals surface area (Å²) in [5.74, 6) is -1.93. The van der Waals surface area contributed by atoms with Crippen molar-refractivity contribution < 1.29 is 33.7 Å². The molecule has 1 heterocycles. The Morgan fingerprint density at radius 2 is 1.71 bits per heavy atom. The Bertz CT molecular complexity index is 657. The van der Waals surface area contributed by atoms with Crippen LogP contribution < -0.4 is 5.32 Å². The number of methoxy groups -OCH3 is 1. The lowest BCUT2D eigenvalue weighted by molar-refractivity contribution is 0.0527. The number of unbranched alkanes of at least 4 members (excludes halogenated alkanes) is 5. The van der Waals surface area contributed by atoms with Crippen LogP contribution in [0.3, 0.4) is 0 Å². The Hall–Kier alpha value is -2.13. The number of thiophene rings is 1. The summed E-state index contributed by atoms with van der Waals surface area (Å²) in [6.45, 7) is 4.10. The molecule has 0 unspecified atom stereocenters. The lowest BCUT2D eigenvalue weighted by Crippen LogP contribution is -2.16. The van der Waals surface area contributed by atoms with Gasteiger partial charge in [-0.3, -0.25) is 5.32 Å². The Morgan fingerprint density at radius 1 is 1.04 bits per heavy atom. The Morgan fingerprint density at radius 3 is 2.32 bits per heavy atom. The number of hydrogen-bond donors (Lipinski definition) is 2. The highest BCUT2D eigenvalue weighted by Crippen LogP contribution is 2.35. The maximum absolute atomic E-state index is 12.1. The predicted molar refractivity (Wildman–Crippen MR) is 106 cm³/mol. The van der Waals surface area contributed by atoms with Gasteiger partial charge in [-0.15, -0.1) is 11.3 Å². The zero-order valence-corrected chi connectivity index (χ0v) is 17.5. The number of nitrogens with one attached hydrogen (secondary N) is 1. The quantitative estimate of drug-likeness (QED) is 0.355. The first-order valence-corrected chi connectivity index (χ1v) is 10.3. The van der Waals surface area contributed by atoms with E-state index in [1.807, 2.05) is 0 Å². The predicted octanol–water partition coefficient (Wildman–Crippen LogP) is 4.68. The van der Waals surface area contributed by atoms with E-state index < -0.39 is 18.0 Å². The van der Waals surface area contributed by atoms with Crippen molar-refractivity contribution in [2.75, 3.05) is 25.6 Å². The largest absolute Gasteiger partial charge is 0.478 e. The van der Waals surface area contributed by atoms with Crippen LogP contribution in [0, 0.1) is 0 Å². The SMILES string of the molecule is CCCCCCCCOC(=O)Nc1sc(C(=O)OCC)c(COC)c1C(=O)O. The number of carboxylic acids is 1. The smallest absolute Gasteiger partial charge is 0.412 e. The second-order valence-corrected chi connectivity index (χ2v) is 7.12. The average Bonchev–Trinajstić information content (AvgIpc) is 2.99. The van der Waals surface area contributed by atoms with E-state index in [4.69, 9.17) is 14.2 Å². The molecule has 1 rings (SSSR count). The van der Waals surface area contributed by atoms with Gasteiger partial charge in [-0.1, -0.05) is 39.0 Å². The maximum Gasteiger partial charge on any atom is 0.412 e. The highest BCUT2D eigenvalue weighted by atomic mass is 32.1. The van der Waals surface area contributed by atoms with Crippen LogP contribution in [0.5, 0.6) is 0 Å². The van der Waals surface area contributed by atoms with Crippen molar-refractivity contribution in [3.05, 3.63) is 16.0 Å². The minimum absolute atomic E-state index is 0.0237. The molecular formula is C19H29NO7S. The number of carbonyl (C=O) groups is 3. The van der Waals surface area contributed by atoms with Crippen LogP contribution in [-0.2, 0) is 20.8 Å². The number of esters is 1. The molecule has 0 aliphatic heterocycles. The van der Waals surface area contributed by atoms with Crippen LogP contribution in [0.1, 0.15) is 78.0 Å². The monoisotopic (exact) mass is 415 g/mol. The van der Waals surface area contributed by atoms with Crippen molar-refractivity contribution in [2.24, 2.45) is 0 Å². The second-order valence-electron chi connectivity index (χ2n) is 6.10. The van der Waals surface area contributed by atoms with Crippen molar-refractivity contribution in [2.45, 2.75) is 59.0 Å². The summed E-state index contributed by atoms with van der Waals surface area (Å²) in [7, 11) is 1.39. The molecule has 8 nitrogen and oxygen atoms in total. The third-order valence-corrected chi connectivity index (χ3v) is 5.04. The summed E-state index contributed by atoms with van der Waals surface area (Å²) in [5, 5.41) is 12.0. The standard InChI is InChI=1S/C19H29NO7S/c1-4-6-7-8-9-10-11-27-19(24)20-16-14(17(21)22)13(12-25-3)15(28-16)18(23)26-5-2/h4-12H2,1-3H3,(H,20,24)(H,21,22). The van der Waals surface area contributed by atoms with E-state index in [-0.39, 0.29) is 40.8 Å². The van der Waals surface area contributed by atoms with Crippen LogP contribution in [0.4, 0.5) is 9.80 Å². The number of amides is 1. The molecule has 1 aromatic rings. The van der Waals surface area contributed by atoms with E-state index in [1.54, 1.807) is 6.92 Å². The number of anilines is 1.